The van der Waals surface area contributed by atoms with Crippen molar-refractivity contribution in [1.29, 1.82) is 0 Å². The molecule has 1 aromatic rings. The van der Waals surface area contributed by atoms with Crippen molar-refractivity contribution in [2.45, 2.75) is 32.2 Å². The summed E-state index contributed by atoms with van der Waals surface area (Å²) in [6.07, 6.45) is 1.18. The largest absolute Gasteiger partial charge is 0.316 e. The van der Waals surface area contributed by atoms with Crippen molar-refractivity contribution in [2.75, 3.05) is 7.05 Å². The van der Waals surface area contributed by atoms with Gasteiger partial charge in [0, 0.05) is 6.04 Å². The van der Waals surface area contributed by atoms with E-state index in [0.717, 1.165) is 0 Å². The molecule has 0 radical (unpaired) electrons. The predicted molar refractivity (Wildman–Crippen MR) is 64.9 cm³/mol. The molecule has 4 atom stereocenters. The third-order valence-corrected chi connectivity index (χ3v) is 4.12. The number of nitrogens with one attached hydrogen (secondary N) is 1. The van der Waals surface area contributed by atoms with Crippen LogP contribution < -0.4 is 5.32 Å². The summed E-state index contributed by atoms with van der Waals surface area (Å²) < 4.78 is 12.9. The van der Waals surface area contributed by atoms with E-state index < -0.39 is 0 Å². The fraction of sp³-hybridized carbons (Fsp3) is 0.571. The van der Waals surface area contributed by atoms with Gasteiger partial charge in [-0.15, -0.1) is 0 Å². The molecule has 0 heterocycles. The first-order chi connectivity index (χ1) is 7.69. The van der Waals surface area contributed by atoms with Crippen molar-refractivity contribution < 1.29 is 4.39 Å². The molecule has 0 bridgehead atoms. The molecule has 1 saturated carbocycles. The summed E-state index contributed by atoms with van der Waals surface area (Å²) in [4.78, 5) is 0. The molecule has 1 aromatic carbocycles. The average Bonchev–Trinajstić information content (AvgIpc) is 2.29. The minimum atomic E-state index is -0.144. The van der Waals surface area contributed by atoms with Gasteiger partial charge in [0.15, 0.2) is 0 Å². The Morgan fingerprint density at radius 1 is 1.25 bits per heavy atom. The minimum absolute atomic E-state index is 0.144. The van der Waals surface area contributed by atoms with Gasteiger partial charge in [0.2, 0.25) is 0 Å². The van der Waals surface area contributed by atoms with Crippen LogP contribution in [0.2, 0.25) is 0 Å². The van der Waals surface area contributed by atoms with E-state index in [9.17, 15) is 4.39 Å². The van der Waals surface area contributed by atoms with E-state index in [1.165, 1.54) is 12.0 Å². The lowest BCUT2D eigenvalue weighted by Crippen LogP contribution is -2.54. The van der Waals surface area contributed by atoms with Gasteiger partial charge in [-0.05, 0) is 42.5 Å². The Morgan fingerprint density at radius 2 is 1.88 bits per heavy atom. The summed E-state index contributed by atoms with van der Waals surface area (Å²) in [5.41, 5.74) is 1.28. The molecule has 1 aliphatic rings. The molecule has 16 heavy (non-hydrogen) atoms. The molecule has 1 aliphatic carbocycles. The van der Waals surface area contributed by atoms with E-state index in [1.54, 1.807) is 12.1 Å². The van der Waals surface area contributed by atoms with Crippen LogP contribution in [0.15, 0.2) is 24.3 Å². The highest BCUT2D eigenvalue weighted by Gasteiger charge is 2.46. The molecule has 1 fully saturated rings. The van der Waals surface area contributed by atoms with Crippen molar-refractivity contribution in [3.63, 3.8) is 0 Å². The molecular weight excluding hydrogens is 201 g/mol. The minimum Gasteiger partial charge on any atom is -0.316 e. The van der Waals surface area contributed by atoms with Gasteiger partial charge in [0.1, 0.15) is 5.82 Å². The quantitative estimate of drug-likeness (QED) is 0.826. The summed E-state index contributed by atoms with van der Waals surface area (Å²) in [5.74, 6) is 1.77. The van der Waals surface area contributed by atoms with Gasteiger partial charge in [-0.3, -0.25) is 0 Å². The van der Waals surface area contributed by atoms with Gasteiger partial charge in [-0.1, -0.05) is 32.4 Å². The second-order valence-electron chi connectivity index (χ2n) is 4.82. The molecule has 88 valence electrons. The fourth-order valence-electron chi connectivity index (χ4n) is 3.30. The fourth-order valence-corrected chi connectivity index (χ4v) is 3.30. The van der Waals surface area contributed by atoms with Crippen LogP contribution in [-0.2, 0) is 0 Å². The van der Waals surface area contributed by atoms with Crippen molar-refractivity contribution in [3.05, 3.63) is 35.6 Å². The van der Waals surface area contributed by atoms with Crippen LogP contribution >= 0.6 is 0 Å². The zero-order chi connectivity index (χ0) is 11.7. The lowest BCUT2D eigenvalue weighted by molar-refractivity contribution is 0.0847. The Labute approximate surface area is 97.1 Å². The highest BCUT2D eigenvalue weighted by Crippen LogP contribution is 2.49. The highest BCUT2D eigenvalue weighted by molar-refractivity contribution is 5.27. The Kier molecular flexibility index (Phi) is 3.29. The Hall–Kier alpha value is -0.890. The SMILES string of the molecule is CCC1C(NC)C(C)C1c1ccc(F)cc1. The number of halogens is 1. The van der Waals surface area contributed by atoms with E-state index in [0.29, 0.717) is 23.8 Å². The number of hydrogen-bond donors (Lipinski definition) is 1. The lowest BCUT2D eigenvalue weighted by Gasteiger charge is -2.51. The second-order valence-corrected chi connectivity index (χ2v) is 4.82. The van der Waals surface area contributed by atoms with E-state index >= 15 is 0 Å². The topological polar surface area (TPSA) is 12.0 Å². The number of benzene rings is 1. The van der Waals surface area contributed by atoms with Crippen LogP contribution in [-0.4, -0.2) is 13.1 Å². The molecule has 2 rings (SSSR count). The zero-order valence-corrected chi connectivity index (χ0v) is 10.2. The zero-order valence-electron chi connectivity index (χ0n) is 10.2. The molecule has 0 aromatic heterocycles. The number of rotatable bonds is 3. The predicted octanol–water partition coefficient (Wildman–Crippen LogP) is 3.17. The van der Waals surface area contributed by atoms with Gasteiger partial charge in [-0.2, -0.15) is 0 Å². The normalized spacial score (nSPS) is 33.5. The first kappa shape index (κ1) is 11.6. The summed E-state index contributed by atoms with van der Waals surface area (Å²) >= 11 is 0. The van der Waals surface area contributed by atoms with Crippen LogP contribution in [0, 0.1) is 17.7 Å². The summed E-state index contributed by atoms with van der Waals surface area (Å²) in [6, 6.07) is 7.62. The van der Waals surface area contributed by atoms with E-state index in [-0.39, 0.29) is 5.82 Å². The second kappa shape index (κ2) is 4.54. The monoisotopic (exact) mass is 221 g/mol. The first-order valence-corrected chi connectivity index (χ1v) is 6.11. The van der Waals surface area contributed by atoms with E-state index in [2.05, 4.69) is 19.2 Å². The molecule has 2 heteroatoms. The van der Waals surface area contributed by atoms with Crippen molar-refractivity contribution in [1.82, 2.24) is 5.32 Å². The van der Waals surface area contributed by atoms with Crippen LogP contribution in [0.5, 0.6) is 0 Å². The Balaban J connectivity index is 2.18. The molecular formula is C14H20FN. The molecule has 0 saturated heterocycles. The van der Waals surface area contributed by atoms with Crippen LogP contribution in [0.4, 0.5) is 4.39 Å². The van der Waals surface area contributed by atoms with Crippen LogP contribution in [0.1, 0.15) is 31.7 Å². The molecule has 4 unspecified atom stereocenters. The third-order valence-electron chi connectivity index (χ3n) is 4.12. The Bertz CT molecular complexity index is 346. The summed E-state index contributed by atoms with van der Waals surface area (Å²) in [7, 11) is 2.03. The number of hydrogen-bond acceptors (Lipinski definition) is 1. The summed E-state index contributed by atoms with van der Waals surface area (Å²) in [6.45, 7) is 4.51. The summed E-state index contributed by atoms with van der Waals surface area (Å²) in [5, 5.41) is 3.39. The van der Waals surface area contributed by atoms with Gasteiger partial charge in [0.05, 0.1) is 0 Å². The van der Waals surface area contributed by atoms with Crippen LogP contribution in [0.25, 0.3) is 0 Å². The molecule has 0 aliphatic heterocycles. The maximum absolute atomic E-state index is 12.9. The maximum Gasteiger partial charge on any atom is 0.123 e. The van der Waals surface area contributed by atoms with Crippen molar-refractivity contribution in [3.8, 4) is 0 Å². The maximum atomic E-state index is 12.9. The van der Waals surface area contributed by atoms with Gasteiger partial charge in [0.25, 0.3) is 0 Å². The third kappa shape index (κ3) is 1.75. The van der Waals surface area contributed by atoms with Gasteiger partial charge >= 0.3 is 0 Å². The smallest absolute Gasteiger partial charge is 0.123 e. The molecule has 1 N–H and O–H groups in total. The average molecular weight is 221 g/mol. The molecule has 0 spiro atoms. The molecule has 1 nitrogen and oxygen atoms in total. The van der Waals surface area contributed by atoms with Crippen molar-refractivity contribution >= 4 is 0 Å². The standard InChI is InChI=1S/C14H20FN/c1-4-12-13(9(2)14(12)16-3)10-5-7-11(15)8-6-10/h5-9,12-14,16H,4H2,1-3H3. The van der Waals surface area contributed by atoms with E-state index in [4.69, 9.17) is 0 Å². The molecule has 0 amide bonds. The first-order valence-electron chi connectivity index (χ1n) is 6.11. The van der Waals surface area contributed by atoms with E-state index in [1.807, 2.05) is 19.2 Å². The van der Waals surface area contributed by atoms with Crippen molar-refractivity contribution in [2.24, 2.45) is 11.8 Å². The van der Waals surface area contributed by atoms with Gasteiger partial charge in [-0.25, -0.2) is 4.39 Å². The Morgan fingerprint density at radius 3 is 2.38 bits per heavy atom. The van der Waals surface area contributed by atoms with Gasteiger partial charge < -0.3 is 5.32 Å². The highest BCUT2D eigenvalue weighted by atomic mass is 19.1. The lowest BCUT2D eigenvalue weighted by atomic mass is 9.58. The van der Waals surface area contributed by atoms with Crippen LogP contribution in [0.3, 0.4) is 0 Å².